The van der Waals surface area contributed by atoms with Crippen molar-refractivity contribution in [3.63, 3.8) is 0 Å². The lowest BCUT2D eigenvalue weighted by molar-refractivity contribution is -0.128. The maximum atomic E-state index is 13.8. The van der Waals surface area contributed by atoms with Gasteiger partial charge in [-0.25, -0.2) is 4.79 Å². The largest absolute Gasteiger partial charge is 0.444 e. The first-order chi connectivity index (χ1) is 23.3. The van der Waals surface area contributed by atoms with Crippen LogP contribution in [-0.4, -0.2) is 76.5 Å². The van der Waals surface area contributed by atoms with Crippen LogP contribution >= 0.6 is 0 Å². The van der Waals surface area contributed by atoms with Gasteiger partial charge in [-0.15, -0.1) is 0 Å². The van der Waals surface area contributed by atoms with E-state index in [9.17, 15) is 29.4 Å². The van der Waals surface area contributed by atoms with Gasteiger partial charge in [0.25, 0.3) is 0 Å². The van der Waals surface area contributed by atoms with Gasteiger partial charge in [0.1, 0.15) is 11.6 Å². The van der Waals surface area contributed by atoms with Crippen molar-refractivity contribution in [3.8, 4) is 0 Å². The average Bonchev–Trinajstić information content (AvgIpc) is 3.36. The minimum Gasteiger partial charge on any atom is -0.444 e. The summed E-state index contributed by atoms with van der Waals surface area (Å²) in [7, 11) is 0. The van der Waals surface area contributed by atoms with Crippen LogP contribution in [0.2, 0.25) is 0 Å². The van der Waals surface area contributed by atoms with Crippen LogP contribution in [0.1, 0.15) is 55.5 Å². The predicted octanol–water partition coefficient (Wildman–Crippen LogP) is 1.82. The molecule has 4 amide bonds. The number of nitrogens with two attached hydrogens (primary N) is 1. The van der Waals surface area contributed by atoms with E-state index in [-0.39, 0.29) is 18.9 Å². The molecule has 0 bridgehead atoms. The van der Waals surface area contributed by atoms with Gasteiger partial charge in [-0.05, 0) is 55.9 Å². The van der Waals surface area contributed by atoms with E-state index in [0.29, 0.717) is 12.8 Å². The number of aliphatic hydroxyl groups excluding tert-OH is 2. The number of amides is 4. The van der Waals surface area contributed by atoms with Crippen molar-refractivity contribution < 1.29 is 34.1 Å². The van der Waals surface area contributed by atoms with Crippen LogP contribution in [0.3, 0.4) is 0 Å². The number of nitrogens with one attached hydrogen (secondary N) is 4. The molecule has 3 aromatic carbocycles. The molecule has 0 saturated carbocycles. The Morgan fingerprint density at radius 1 is 0.837 bits per heavy atom. The molecule has 0 saturated heterocycles. The molecule has 12 nitrogen and oxygen atoms in total. The molecule has 8 N–H and O–H groups in total. The minimum atomic E-state index is -1.36. The number of fused-ring (bicyclic) bond motifs is 1. The van der Waals surface area contributed by atoms with Gasteiger partial charge in [0.15, 0.2) is 0 Å². The molecule has 0 aromatic heterocycles. The number of benzene rings is 3. The Kier molecular flexibility index (Phi) is 12.9. The molecule has 1 aliphatic carbocycles. The van der Waals surface area contributed by atoms with Crippen molar-refractivity contribution in [1.82, 2.24) is 21.3 Å². The summed E-state index contributed by atoms with van der Waals surface area (Å²) >= 11 is 0. The summed E-state index contributed by atoms with van der Waals surface area (Å²) < 4.78 is 5.26. The lowest BCUT2D eigenvalue weighted by Crippen LogP contribution is -2.57. The lowest BCUT2D eigenvalue weighted by Gasteiger charge is -2.29. The van der Waals surface area contributed by atoms with Gasteiger partial charge in [-0.1, -0.05) is 84.9 Å². The molecule has 6 atom stereocenters. The van der Waals surface area contributed by atoms with Crippen molar-refractivity contribution in [3.05, 3.63) is 107 Å². The fourth-order valence-corrected chi connectivity index (χ4v) is 5.81. The van der Waals surface area contributed by atoms with Crippen molar-refractivity contribution in [2.75, 3.05) is 6.54 Å². The van der Waals surface area contributed by atoms with E-state index >= 15 is 0 Å². The molecule has 4 rings (SSSR count). The van der Waals surface area contributed by atoms with Gasteiger partial charge >= 0.3 is 6.09 Å². The standard InChI is InChI=1S/C37H47N5O7/c1-37(2,3)49-36(48)41-29(21-32(38)45)35(47)40-27(18-23-12-6-4-7-13-23)31(44)22-39-28(19-24-14-8-5-9-15-24)34(46)42-33-26-17-11-10-16-25(26)20-30(33)43/h4-17,27-31,33,39,43-44H,18-22H2,1-3H3,(H2,38,45)(H,40,47)(H,41,48)(H,42,46)/t27-,28-,29-,30+,31+,33-/m0/s1. The summed E-state index contributed by atoms with van der Waals surface area (Å²) in [6.45, 7) is 4.88. The molecule has 1 aliphatic rings. The maximum Gasteiger partial charge on any atom is 0.408 e. The van der Waals surface area contributed by atoms with Crippen LogP contribution < -0.4 is 27.0 Å². The zero-order chi connectivity index (χ0) is 35.6. The number of rotatable bonds is 15. The second kappa shape index (κ2) is 17.0. The predicted molar refractivity (Wildman–Crippen MR) is 184 cm³/mol. The van der Waals surface area contributed by atoms with Crippen molar-refractivity contribution in [1.29, 1.82) is 0 Å². The molecule has 3 aromatic rings. The highest BCUT2D eigenvalue weighted by Crippen LogP contribution is 2.31. The van der Waals surface area contributed by atoms with Crippen LogP contribution in [0, 0.1) is 0 Å². The highest BCUT2D eigenvalue weighted by Gasteiger charge is 2.35. The molecule has 0 aliphatic heterocycles. The first-order valence-electron chi connectivity index (χ1n) is 16.4. The number of ether oxygens (including phenoxy) is 1. The number of carbonyl (C=O) groups is 4. The summed E-state index contributed by atoms with van der Waals surface area (Å²) in [6.07, 6.45) is -2.47. The van der Waals surface area contributed by atoms with E-state index in [1.807, 2.05) is 84.9 Å². The zero-order valence-electron chi connectivity index (χ0n) is 28.1. The van der Waals surface area contributed by atoms with Crippen LogP contribution in [0.4, 0.5) is 4.79 Å². The van der Waals surface area contributed by atoms with E-state index in [1.54, 1.807) is 20.8 Å². The van der Waals surface area contributed by atoms with Gasteiger partial charge in [0.05, 0.1) is 36.8 Å². The van der Waals surface area contributed by atoms with Crippen LogP contribution in [0.25, 0.3) is 0 Å². The second-order valence-corrected chi connectivity index (χ2v) is 13.3. The van der Waals surface area contributed by atoms with Gasteiger partial charge in [-0.2, -0.15) is 0 Å². The van der Waals surface area contributed by atoms with Gasteiger partial charge in [0.2, 0.25) is 17.7 Å². The average molecular weight is 674 g/mol. The number of hydrogen-bond acceptors (Lipinski definition) is 8. The van der Waals surface area contributed by atoms with E-state index in [2.05, 4.69) is 21.3 Å². The van der Waals surface area contributed by atoms with E-state index < -0.39 is 66.3 Å². The molecule has 0 spiro atoms. The lowest BCUT2D eigenvalue weighted by atomic mass is 9.99. The quantitative estimate of drug-likeness (QED) is 0.127. The Balaban J connectivity index is 1.51. The molecule has 0 heterocycles. The molecule has 262 valence electrons. The fourth-order valence-electron chi connectivity index (χ4n) is 5.81. The third kappa shape index (κ3) is 11.4. The molecule has 12 heteroatoms. The highest BCUT2D eigenvalue weighted by atomic mass is 16.6. The number of primary amides is 1. The van der Waals surface area contributed by atoms with Gasteiger partial charge in [0, 0.05) is 13.0 Å². The fraction of sp³-hybridized carbons (Fsp3) is 0.405. The first kappa shape index (κ1) is 37.0. The molecule has 0 radical (unpaired) electrons. The second-order valence-electron chi connectivity index (χ2n) is 13.3. The highest BCUT2D eigenvalue weighted by molar-refractivity contribution is 5.90. The summed E-state index contributed by atoms with van der Waals surface area (Å²) in [5.74, 6) is -1.91. The Hall–Kier alpha value is -4.78. The van der Waals surface area contributed by atoms with E-state index in [1.165, 1.54) is 0 Å². The topological polar surface area (TPSA) is 192 Å². The van der Waals surface area contributed by atoms with Crippen LogP contribution in [0.15, 0.2) is 84.9 Å². The minimum absolute atomic E-state index is 0.105. The summed E-state index contributed by atoms with van der Waals surface area (Å²) in [5, 5.41) is 33.7. The zero-order valence-corrected chi connectivity index (χ0v) is 28.1. The number of aliphatic hydroxyl groups is 2. The molecular formula is C37H47N5O7. The third-order valence-corrected chi connectivity index (χ3v) is 8.18. The SMILES string of the molecule is CC(C)(C)OC(=O)N[C@@H](CC(N)=O)C(=O)N[C@@H](Cc1ccccc1)[C@H](O)CN[C@@H](Cc1ccccc1)C(=O)N[C@H]1c2ccccc2C[C@H]1O. The van der Waals surface area contributed by atoms with Crippen LogP contribution in [-0.2, 0) is 38.4 Å². The normalized spacial score (nSPS) is 17.9. The van der Waals surface area contributed by atoms with Gasteiger partial charge in [-0.3, -0.25) is 14.4 Å². The van der Waals surface area contributed by atoms with E-state index in [0.717, 1.165) is 22.3 Å². The van der Waals surface area contributed by atoms with E-state index in [4.69, 9.17) is 10.5 Å². The molecule has 0 unspecified atom stereocenters. The van der Waals surface area contributed by atoms with Crippen molar-refractivity contribution in [2.24, 2.45) is 5.73 Å². The summed E-state index contributed by atoms with van der Waals surface area (Å²) in [6, 6.07) is 22.5. The van der Waals surface area contributed by atoms with Crippen molar-refractivity contribution >= 4 is 23.8 Å². The van der Waals surface area contributed by atoms with Gasteiger partial charge < -0.3 is 42.0 Å². The molecule has 0 fully saturated rings. The van der Waals surface area contributed by atoms with Crippen molar-refractivity contribution in [2.45, 2.75) is 88.4 Å². The maximum absolute atomic E-state index is 13.8. The monoisotopic (exact) mass is 673 g/mol. The Bertz CT molecular complexity index is 1560. The Labute approximate surface area is 286 Å². The number of hydrogen-bond donors (Lipinski definition) is 7. The Morgan fingerprint density at radius 3 is 2.04 bits per heavy atom. The first-order valence-corrected chi connectivity index (χ1v) is 16.4. The summed E-state index contributed by atoms with van der Waals surface area (Å²) in [4.78, 5) is 51.6. The van der Waals surface area contributed by atoms with Crippen LogP contribution in [0.5, 0.6) is 0 Å². The molecule has 49 heavy (non-hydrogen) atoms. The molecular weight excluding hydrogens is 626 g/mol. The number of carbonyl (C=O) groups excluding carboxylic acids is 4. The third-order valence-electron chi connectivity index (χ3n) is 8.18. The summed E-state index contributed by atoms with van der Waals surface area (Å²) in [5.41, 5.74) is 8.06. The Morgan fingerprint density at radius 2 is 1.43 bits per heavy atom. The number of alkyl carbamates (subject to hydrolysis) is 1. The smallest absolute Gasteiger partial charge is 0.408 e.